The van der Waals surface area contributed by atoms with E-state index in [1.54, 1.807) is 0 Å². The number of rotatable bonds is 3. The average Bonchev–Trinajstić information content (AvgIpc) is 2.68. The second-order valence-electron chi connectivity index (χ2n) is 6.02. The van der Waals surface area contributed by atoms with E-state index in [1.807, 2.05) is 18.7 Å². The molecule has 0 unspecified atom stereocenters. The average molecular weight is 250 g/mol. The maximum absolute atomic E-state index is 12.5. The molecule has 0 N–H and O–H groups in total. The minimum absolute atomic E-state index is 0.0293. The van der Waals surface area contributed by atoms with Gasteiger partial charge in [0.2, 0.25) is 5.91 Å². The molecular weight excluding hydrogens is 228 g/mol. The van der Waals surface area contributed by atoms with Gasteiger partial charge < -0.3 is 4.90 Å². The van der Waals surface area contributed by atoms with Gasteiger partial charge in [0.25, 0.3) is 0 Å². The normalized spacial score (nSPS) is 28.7. The van der Waals surface area contributed by atoms with Crippen molar-refractivity contribution in [2.75, 3.05) is 13.1 Å². The Balaban J connectivity index is 2.10. The minimum Gasteiger partial charge on any atom is -0.342 e. The van der Waals surface area contributed by atoms with Gasteiger partial charge in [-0.25, -0.2) is 0 Å². The maximum Gasteiger partial charge on any atom is 0.231 e. The van der Waals surface area contributed by atoms with Crippen LogP contribution in [0.4, 0.5) is 0 Å². The van der Waals surface area contributed by atoms with Crippen LogP contribution in [-0.2, 0) is 4.79 Å². The number of hydrogen-bond donors (Lipinski definition) is 0. The van der Waals surface area contributed by atoms with Gasteiger partial charge in [-0.3, -0.25) is 4.79 Å². The number of carbonyl (C=O) groups excluding carboxylic acids is 1. The van der Waals surface area contributed by atoms with Gasteiger partial charge in [0.05, 0.1) is 0 Å². The molecule has 1 saturated carbocycles. The SMILES string of the molecule is CC(C)[C@H](N=[N+]=[N-])C(=O)N1CC2CCC(CC2)C1. The quantitative estimate of drug-likeness (QED) is 0.431. The lowest BCUT2D eigenvalue weighted by Gasteiger charge is -2.27. The second kappa shape index (κ2) is 5.61. The molecule has 18 heavy (non-hydrogen) atoms. The molecule has 3 fully saturated rings. The molecule has 1 aliphatic carbocycles. The van der Waals surface area contributed by atoms with E-state index in [2.05, 4.69) is 10.0 Å². The Bertz CT molecular complexity index is 340. The van der Waals surface area contributed by atoms with Crippen LogP contribution in [0.1, 0.15) is 39.5 Å². The molecule has 2 bridgehead atoms. The number of hydrogen-bond acceptors (Lipinski definition) is 2. The standard InChI is InChI=1S/C13H22N4O/c1-9(2)12(15-16-14)13(18)17-7-10-3-4-11(8-17)6-5-10/h9-12H,3-8H2,1-2H3/t10?,11?,12-/m0/s1. The summed E-state index contributed by atoms with van der Waals surface area (Å²) in [5, 5.41) is 3.69. The molecule has 2 saturated heterocycles. The van der Waals surface area contributed by atoms with E-state index in [4.69, 9.17) is 5.53 Å². The molecular formula is C13H22N4O. The Morgan fingerprint density at radius 1 is 1.22 bits per heavy atom. The van der Waals surface area contributed by atoms with Crippen molar-refractivity contribution in [1.82, 2.24) is 4.90 Å². The van der Waals surface area contributed by atoms with E-state index >= 15 is 0 Å². The topological polar surface area (TPSA) is 69.1 Å². The van der Waals surface area contributed by atoms with Crippen LogP contribution in [0.5, 0.6) is 0 Å². The van der Waals surface area contributed by atoms with E-state index in [9.17, 15) is 4.79 Å². The number of azide groups is 1. The summed E-state index contributed by atoms with van der Waals surface area (Å²) in [5.74, 6) is 1.41. The number of nitrogens with zero attached hydrogens (tertiary/aromatic N) is 4. The van der Waals surface area contributed by atoms with Crippen LogP contribution in [0, 0.1) is 17.8 Å². The summed E-state index contributed by atoms with van der Waals surface area (Å²) in [6, 6.07) is -0.535. The smallest absolute Gasteiger partial charge is 0.231 e. The van der Waals surface area contributed by atoms with E-state index in [0.717, 1.165) is 13.1 Å². The lowest BCUT2D eigenvalue weighted by Crippen LogP contribution is -2.42. The molecule has 100 valence electrons. The highest BCUT2D eigenvalue weighted by Crippen LogP contribution is 2.34. The van der Waals surface area contributed by atoms with Crippen LogP contribution in [0.15, 0.2) is 5.11 Å². The fourth-order valence-electron chi connectivity index (χ4n) is 3.19. The lowest BCUT2D eigenvalue weighted by atomic mass is 9.84. The van der Waals surface area contributed by atoms with Crippen molar-refractivity contribution in [3.05, 3.63) is 10.4 Å². The molecule has 1 atom stereocenters. The Labute approximate surface area is 108 Å². The molecule has 2 heterocycles. The fraction of sp³-hybridized carbons (Fsp3) is 0.923. The molecule has 0 aromatic carbocycles. The van der Waals surface area contributed by atoms with Crippen molar-refractivity contribution in [2.45, 2.75) is 45.6 Å². The molecule has 5 nitrogen and oxygen atoms in total. The summed E-state index contributed by atoms with van der Waals surface area (Å²) < 4.78 is 0. The number of carbonyl (C=O) groups is 1. The minimum atomic E-state index is -0.535. The summed E-state index contributed by atoms with van der Waals surface area (Å²) >= 11 is 0. The monoisotopic (exact) mass is 250 g/mol. The summed E-state index contributed by atoms with van der Waals surface area (Å²) in [6.07, 6.45) is 5.01. The highest BCUT2D eigenvalue weighted by molar-refractivity contribution is 5.82. The van der Waals surface area contributed by atoms with Crippen molar-refractivity contribution in [3.63, 3.8) is 0 Å². The summed E-state index contributed by atoms with van der Waals surface area (Å²) in [5.41, 5.74) is 8.59. The van der Waals surface area contributed by atoms with Gasteiger partial charge >= 0.3 is 0 Å². The zero-order chi connectivity index (χ0) is 13.1. The summed E-state index contributed by atoms with van der Waals surface area (Å²) in [6.45, 7) is 5.59. The Morgan fingerprint density at radius 3 is 2.11 bits per heavy atom. The van der Waals surface area contributed by atoms with Crippen LogP contribution in [-0.4, -0.2) is 29.9 Å². The first kappa shape index (κ1) is 13.2. The van der Waals surface area contributed by atoms with Crippen LogP contribution >= 0.6 is 0 Å². The molecule has 0 spiro atoms. The highest BCUT2D eigenvalue weighted by atomic mass is 16.2. The fourth-order valence-corrected chi connectivity index (χ4v) is 3.19. The van der Waals surface area contributed by atoms with E-state index in [0.29, 0.717) is 11.8 Å². The Hall–Kier alpha value is -1.22. The Kier molecular flexibility index (Phi) is 4.12. The van der Waals surface area contributed by atoms with Gasteiger partial charge in [-0.05, 0) is 49.0 Å². The lowest BCUT2D eigenvalue weighted by molar-refractivity contribution is -0.134. The van der Waals surface area contributed by atoms with Crippen LogP contribution in [0.2, 0.25) is 0 Å². The largest absolute Gasteiger partial charge is 0.342 e. The third-order valence-corrected chi connectivity index (χ3v) is 4.30. The van der Waals surface area contributed by atoms with Crippen molar-refractivity contribution in [3.8, 4) is 0 Å². The first-order valence-electron chi connectivity index (χ1n) is 6.94. The van der Waals surface area contributed by atoms with Crippen LogP contribution < -0.4 is 0 Å². The second-order valence-corrected chi connectivity index (χ2v) is 6.02. The van der Waals surface area contributed by atoms with Crippen LogP contribution in [0.3, 0.4) is 0 Å². The van der Waals surface area contributed by atoms with Crippen molar-refractivity contribution < 1.29 is 4.79 Å². The highest BCUT2D eigenvalue weighted by Gasteiger charge is 2.34. The van der Waals surface area contributed by atoms with Gasteiger partial charge in [-0.15, -0.1) is 0 Å². The first-order chi connectivity index (χ1) is 8.61. The van der Waals surface area contributed by atoms with Crippen molar-refractivity contribution in [2.24, 2.45) is 22.9 Å². The van der Waals surface area contributed by atoms with Gasteiger partial charge in [-0.2, -0.15) is 0 Å². The van der Waals surface area contributed by atoms with E-state index < -0.39 is 6.04 Å². The number of fused-ring (bicyclic) bond motifs is 4. The van der Waals surface area contributed by atoms with Crippen molar-refractivity contribution in [1.29, 1.82) is 0 Å². The predicted molar refractivity (Wildman–Crippen MR) is 69.8 cm³/mol. The van der Waals surface area contributed by atoms with Gasteiger partial charge in [-0.1, -0.05) is 19.0 Å². The van der Waals surface area contributed by atoms with E-state index in [-0.39, 0.29) is 11.8 Å². The molecule has 3 aliphatic rings. The van der Waals surface area contributed by atoms with Gasteiger partial charge in [0.15, 0.2) is 0 Å². The molecule has 3 rings (SSSR count). The zero-order valence-electron chi connectivity index (χ0n) is 11.2. The predicted octanol–water partition coefficient (Wildman–Crippen LogP) is 2.97. The molecule has 1 amide bonds. The van der Waals surface area contributed by atoms with E-state index in [1.165, 1.54) is 25.7 Å². The molecule has 2 aliphatic heterocycles. The Morgan fingerprint density at radius 2 is 1.72 bits per heavy atom. The summed E-state index contributed by atoms with van der Waals surface area (Å²) in [4.78, 5) is 17.2. The van der Waals surface area contributed by atoms with Gasteiger partial charge in [0.1, 0.15) is 6.04 Å². The molecule has 5 heteroatoms. The first-order valence-corrected chi connectivity index (χ1v) is 6.94. The van der Waals surface area contributed by atoms with Crippen molar-refractivity contribution >= 4 is 5.91 Å². The third kappa shape index (κ3) is 2.78. The third-order valence-electron chi connectivity index (χ3n) is 4.30. The molecule has 0 aromatic rings. The maximum atomic E-state index is 12.5. The summed E-state index contributed by atoms with van der Waals surface area (Å²) in [7, 11) is 0. The van der Waals surface area contributed by atoms with Gasteiger partial charge in [0, 0.05) is 18.0 Å². The van der Waals surface area contributed by atoms with Crippen LogP contribution in [0.25, 0.3) is 10.4 Å². The molecule has 0 radical (unpaired) electrons. The zero-order valence-corrected chi connectivity index (χ0v) is 11.2. The molecule has 0 aromatic heterocycles. The number of amides is 1.